The van der Waals surface area contributed by atoms with E-state index in [-0.39, 0.29) is 8.80 Å². The van der Waals surface area contributed by atoms with E-state index in [9.17, 15) is 0 Å². The van der Waals surface area contributed by atoms with Gasteiger partial charge in [-0.1, -0.05) is 48.1 Å². The Hall–Kier alpha value is -0.133. The van der Waals surface area contributed by atoms with E-state index in [1.54, 1.807) is 5.19 Å². The van der Waals surface area contributed by atoms with Crippen molar-refractivity contribution in [3.8, 4) is 0 Å². The number of benzene rings is 1. The summed E-state index contributed by atoms with van der Waals surface area (Å²) in [6, 6.07) is 12.4. The zero-order valence-electron chi connectivity index (χ0n) is 8.75. The molecule has 0 bridgehead atoms. The maximum Gasteiger partial charge on any atom is 0.0827 e. The summed E-state index contributed by atoms with van der Waals surface area (Å²) in [4.78, 5) is 0. The van der Waals surface area contributed by atoms with Gasteiger partial charge in [-0.15, -0.1) is 7.92 Å². The molecule has 0 aliphatic rings. The first kappa shape index (κ1) is 10.9. The summed E-state index contributed by atoms with van der Waals surface area (Å²) in [7, 11) is 0.0559. The third-order valence-electron chi connectivity index (χ3n) is 2.20. The molecule has 0 amide bonds. The molecule has 0 aliphatic heterocycles. The second kappa shape index (κ2) is 5.57. The van der Waals surface area contributed by atoms with E-state index < -0.39 is 0 Å². The molecule has 0 spiro atoms. The molecule has 0 atom stereocenters. The molecule has 1 rings (SSSR count). The summed E-state index contributed by atoms with van der Waals surface area (Å²) in [5.74, 6) is 0. The fourth-order valence-electron chi connectivity index (χ4n) is 1.26. The Morgan fingerprint density at radius 2 is 1.77 bits per heavy atom. The first-order valence-electron chi connectivity index (χ1n) is 4.72. The van der Waals surface area contributed by atoms with Gasteiger partial charge in [-0.3, -0.25) is 0 Å². The van der Waals surface area contributed by atoms with Crippen LogP contribution in [-0.2, 0) is 0 Å². The van der Waals surface area contributed by atoms with Gasteiger partial charge in [-0.05, 0) is 19.5 Å². The van der Waals surface area contributed by atoms with Crippen molar-refractivity contribution in [2.24, 2.45) is 0 Å². The highest BCUT2D eigenvalue weighted by Gasteiger charge is 2.07. The Labute approximate surface area is 84.7 Å². The summed E-state index contributed by atoms with van der Waals surface area (Å²) < 4.78 is 0. The summed E-state index contributed by atoms with van der Waals surface area (Å²) in [5, 5.41) is 1.59. The van der Waals surface area contributed by atoms with E-state index in [4.69, 9.17) is 0 Å². The van der Waals surface area contributed by atoms with Crippen LogP contribution in [0.1, 0.15) is 0 Å². The maximum absolute atomic E-state index is 2.43. The molecule has 0 nitrogen and oxygen atoms in total. The molecule has 0 aromatic heterocycles. The van der Waals surface area contributed by atoms with Gasteiger partial charge in [0.1, 0.15) is 0 Å². The minimum absolute atomic E-state index is 0.246. The molecule has 13 heavy (non-hydrogen) atoms. The molecule has 0 aliphatic carbocycles. The third kappa shape index (κ3) is 4.06. The highest BCUT2D eigenvalue weighted by Crippen LogP contribution is 2.25. The second-order valence-corrected chi connectivity index (χ2v) is 8.94. The minimum Gasteiger partial charge on any atom is -0.113 e. The molecule has 1 aromatic carbocycles. The standard InChI is InChI=1S/C11H18PSi/c1-12(2)9-10-13(3)11-7-5-4-6-8-11/h4-8H,9-10H2,1-3H3. The van der Waals surface area contributed by atoms with Crippen LogP contribution in [0.2, 0.25) is 12.6 Å². The van der Waals surface area contributed by atoms with Crippen LogP contribution in [0.4, 0.5) is 0 Å². The average Bonchev–Trinajstić information content (AvgIpc) is 2.15. The van der Waals surface area contributed by atoms with Crippen LogP contribution < -0.4 is 5.19 Å². The molecule has 0 fully saturated rings. The molecule has 0 unspecified atom stereocenters. The molecule has 0 saturated heterocycles. The van der Waals surface area contributed by atoms with Crippen molar-refractivity contribution >= 4 is 21.9 Å². The van der Waals surface area contributed by atoms with Gasteiger partial charge in [-0.2, -0.15) is 0 Å². The first-order chi connectivity index (χ1) is 6.20. The van der Waals surface area contributed by atoms with Crippen LogP contribution in [0.3, 0.4) is 0 Å². The van der Waals surface area contributed by atoms with Crippen LogP contribution in [0.25, 0.3) is 0 Å². The number of hydrogen-bond donors (Lipinski definition) is 0. The molecular weight excluding hydrogens is 191 g/mol. The molecular formula is C11H18PSi. The Bertz CT molecular complexity index is 233. The fraction of sp³-hybridized carbons (Fsp3) is 0.455. The van der Waals surface area contributed by atoms with Gasteiger partial charge in [0, 0.05) is 0 Å². The van der Waals surface area contributed by atoms with Crippen LogP contribution in [0.5, 0.6) is 0 Å². The van der Waals surface area contributed by atoms with E-state index in [0.717, 1.165) is 0 Å². The third-order valence-corrected chi connectivity index (χ3v) is 6.06. The molecule has 1 radical (unpaired) electrons. The second-order valence-electron chi connectivity index (χ2n) is 3.70. The van der Waals surface area contributed by atoms with Crippen molar-refractivity contribution in [3.05, 3.63) is 30.3 Å². The van der Waals surface area contributed by atoms with Crippen LogP contribution in [0.15, 0.2) is 30.3 Å². The summed E-state index contributed by atoms with van der Waals surface area (Å²) in [5.41, 5.74) is 0. The van der Waals surface area contributed by atoms with Gasteiger partial charge in [0.15, 0.2) is 0 Å². The lowest BCUT2D eigenvalue weighted by Gasteiger charge is -2.11. The van der Waals surface area contributed by atoms with Crippen molar-refractivity contribution in [1.29, 1.82) is 0 Å². The Morgan fingerprint density at radius 3 is 2.31 bits per heavy atom. The highest BCUT2D eigenvalue weighted by molar-refractivity contribution is 7.56. The van der Waals surface area contributed by atoms with Gasteiger partial charge in [-0.25, -0.2) is 0 Å². The summed E-state index contributed by atoms with van der Waals surface area (Å²) >= 11 is 0. The van der Waals surface area contributed by atoms with Crippen molar-refractivity contribution in [2.45, 2.75) is 12.6 Å². The van der Waals surface area contributed by atoms with Gasteiger partial charge < -0.3 is 0 Å². The largest absolute Gasteiger partial charge is 0.113 e. The zero-order chi connectivity index (χ0) is 9.68. The first-order valence-corrected chi connectivity index (χ1v) is 9.35. The van der Waals surface area contributed by atoms with E-state index >= 15 is 0 Å². The van der Waals surface area contributed by atoms with E-state index in [1.807, 2.05) is 0 Å². The van der Waals surface area contributed by atoms with Crippen LogP contribution in [0, 0.1) is 0 Å². The van der Waals surface area contributed by atoms with Gasteiger partial charge >= 0.3 is 0 Å². The monoisotopic (exact) mass is 209 g/mol. The topological polar surface area (TPSA) is 0 Å². The van der Waals surface area contributed by atoms with Gasteiger partial charge in [0.2, 0.25) is 0 Å². The molecule has 0 N–H and O–H groups in total. The van der Waals surface area contributed by atoms with Crippen LogP contribution >= 0.6 is 7.92 Å². The number of rotatable bonds is 4. The fourth-order valence-corrected chi connectivity index (χ4v) is 5.44. The number of hydrogen-bond acceptors (Lipinski definition) is 0. The van der Waals surface area contributed by atoms with E-state index in [0.29, 0.717) is 7.92 Å². The SMILES string of the molecule is C[Si](CCP(C)C)c1ccccc1. The Morgan fingerprint density at radius 1 is 1.15 bits per heavy atom. The van der Waals surface area contributed by atoms with Gasteiger partial charge in [0.05, 0.1) is 8.80 Å². The summed E-state index contributed by atoms with van der Waals surface area (Å²) in [6.07, 6.45) is 1.44. The van der Waals surface area contributed by atoms with Gasteiger partial charge in [0.25, 0.3) is 0 Å². The predicted octanol–water partition coefficient (Wildman–Crippen LogP) is 2.76. The average molecular weight is 209 g/mol. The predicted molar refractivity (Wildman–Crippen MR) is 66.1 cm³/mol. The lowest BCUT2D eigenvalue weighted by atomic mass is 10.4. The highest BCUT2D eigenvalue weighted by atomic mass is 31.1. The smallest absolute Gasteiger partial charge is 0.0827 e. The maximum atomic E-state index is 2.43. The van der Waals surface area contributed by atoms with Crippen molar-refractivity contribution in [1.82, 2.24) is 0 Å². The lowest BCUT2D eigenvalue weighted by Crippen LogP contribution is -2.26. The quantitative estimate of drug-likeness (QED) is 0.528. The summed E-state index contributed by atoms with van der Waals surface area (Å²) in [6.45, 7) is 7.17. The molecule has 0 saturated carbocycles. The lowest BCUT2D eigenvalue weighted by molar-refractivity contribution is 1.43. The van der Waals surface area contributed by atoms with E-state index in [2.05, 4.69) is 50.2 Å². The van der Waals surface area contributed by atoms with Crippen molar-refractivity contribution in [3.63, 3.8) is 0 Å². The normalized spacial score (nSPS) is 11.2. The van der Waals surface area contributed by atoms with Crippen molar-refractivity contribution < 1.29 is 0 Å². The molecule has 1 aromatic rings. The zero-order valence-corrected chi connectivity index (χ0v) is 10.6. The Balaban J connectivity index is 2.44. The molecule has 71 valence electrons. The molecule has 0 heterocycles. The molecule has 2 heteroatoms. The van der Waals surface area contributed by atoms with Crippen molar-refractivity contribution in [2.75, 3.05) is 19.5 Å². The van der Waals surface area contributed by atoms with Crippen LogP contribution in [-0.4, -0.2) is 28.3 Å². The minimum atomic E-state index is -0.246. The van der Waals surface area contributed by atoms with E-state index in [1.165, 1.54) is 12.2 Å². The Kier molecular flexibility index (Phi) is 4.69.